The van der Waals surface area contributed by atoms with Crippen LogP contribution in [0.15, 0.2) is 42.5 Å². The molecule has 4 nitrogen and oxygen atoms in total. The van der Waals surface area contributed by atoms with Crippen molar-refractivity contribution in [2.45, 2.75) is 26.2 Å². The third-order valence-electron chi connectivity index (χ3n) is 3.76. The summed E-state index contributed by atoms with van der Waals surface area (Å²) in [5.74, 6) is 1.50. The van der Waals surface area contributed by atoms with E-state index in [4.69, 9.17) is 9.47 Å². The highest BCUT2D eigenvalue weighted by molar-refractivity contribution is 5.91. The lowest BCUT2D eigenvalue weighted by atomic mass is 9.96. The second-order valence-corrected chi connectivity index (χ2v) is 5.63. The highest BCUT2D eigenvalue weighted by atomic mass is 16.5. The first-order valence-electron chi connectivity index (χ1n) is 7.62. The molecule has 23 heavy (non-hydrogen) atoms. The lowest BCUT2D eigenvalue weighted by Gasteiger charge is -2.16. The predicted molar refractivity (Wildman–Crippen MR) is 92.4 cm³/mol. The monoisotopic (exact) mass is 313 g/mol. The zero-order valence-corrected chi connectivity index (χ0v) is 14.1. The van der Waals surface area contributed by atoms with Crippen molar-refractivity contribution in [1.29, 1.82) is 0 Å². The Morgan fingerprint density at radius 3 is 2.57 bits per heavy atom. The summed E-state index contributed by atoms with van der Waals surface area (Å²) in [6.07, 6.45) is 0.386. The number of ether oxygens (including phenoxy) is 2. The molecular weight excluding hydrogens is 290 g/mol. The number of anilines is 1. The van der Waals surface area contributed by atoms with Crippen LogP contribution in [-0.4, -0.2) is 20.1 Å². The molecule has 2 aromatic rings. The molecule has 0 spiro atoms. The van der Waals surface area contributed by atoms with E-state index in [0.717, 1.165) is 28.3 Å². The van der Waals surface area contributed by atoms with Gasteiger partial charge in [0.25, 0.3) is 0 Å². The van der Waals surface area contributed by atoms with Gasteiger partial charge in [0.1, 0.15) is 11.5 Å². The second kappa shape index (κ2) is 7.68. The molecule has 0 aromatic heterocycles. The van der Waals surface area contributed by atoms with E-state index in [0.29, 0.717) is 6.42 Å². The first-order valence-corrected chi connectivity index (χ1v) is 7.62. The van der Waals surface area contributed by atoms with Gasteiger partial charge < -0.3 is 14.8 Å². The Kier molecular flexibility index (Phi) is 5.63. The molecule has 0 heterocycles. The molecule has 0 saturated carbocycles. The van der Waals surface area contributed by atoms with E-state index in [-0.39, 0.29) is 11.8 Å². The summed E-state index contributed by atoms with van der Waals surface area (Å²) >= 11 is 0. The molecule has 1 unspecified atom stereocenters. The van der Waals surface area contributed by atoms with Crippen molar-refractivity contribution < 1.29 is 14.3 Å². The van der Waals surface area contributed by atoms with Crippen LogP contribution < -0.4 is 14.8 Å². The molecule has 122 valence electrons. The van der Waals surface area contributed by atoms with E-state index in [2.05, 4.69) is 5.32 Å². The minimum absolute atomic E-state index is 0.0130. The molecule has 0 radical (unpaired) electrons. The van der Waals surface area contributed by atoms with E-state index >= 15 is 0 Å². The Hall–Kier alpha value is -2.49. The molecule has 0 aliphatic rings. The van der Waals surface area contributed by atoms with E-state index in [9.17, 15) is 4.79 Å². The van der Waals surface area contributed by atoms with Crippen LogP contribution >= 0.6 is 0 Å². The van der Waals surface area contributed by atoms with Crippen LogP contribution in [0.1, 0.15) is 30.4 Å². The van der Waals surface area contributed by atoms with Crippen LogP contribution in [0.4, 0.5) is 5.69 Å². The summed E-state index contributed by atoms with van der Waals surface area (Å²) in [5, 5.41) is 2.94. The number of carbonyl (C=O) groups excluding carboxylic acids is 1. The topological polar surface area (TPSA) is 47.6 Å². The molecule has 0 fully saturated rings. The van der Waals surface area contributed by atoms with E-state index in [1.165, 1.54) is 0 Å². The number of hydrogen-bond donors (Lipinski definition) is 1. The highest BCUT2D eigenvalue weighted by Gasteiger charge is 2.16. The van der Waals surface area contributed by atoms with Crippen LogP contribution in [0.25, 0.3) is 0 Å². The van der Waals surface area contributed by atoms with Crippen molar-refractivity contribution in [2.75, 3.05) is 19.5 Å². The highest BCUT2D eigenvalue weighted by Crippen LogP contribution is 2.32. The zero-order valence-electron chi connectivity index (χ0n) is 14.1. The van der Waals surface area contributed by atoms with Gasteiger partial charge in [0.15, 0.2) is 0 Å². The van der Waals surface area contributed by atoms with Crippen LogP contribution in [0, 0.1) is 6.92 Å². The number of methoxy groups -OCH3 is 2. The Morgan fingerprint density at radius 2 is 1.91 bits per heavy atom. The first-order chi connectivity index (χ1) is 11.0. The van der Waals surface area contributed by atoms with Crippen molar-refractivity contribution in [1.82, 2.24) is 0 Å². The number of carbonyl (C=O) groups is 1. The summed E-state index contributed by atoms with van der Waals surface area (Å²) in [6.45, 7) is 4.01. The third-order valence-corrected chi connectivity index (χ3v) is 3.76. The fourth-order valence-electron chi connectivity index (χ4n) is 2.55. The van der Waals surface area contributed by atoms with Crippen LogP contribution in [0.3, 0.4) is 0 Å². The van der Waals surface area contributed by atoms with Crippen molar-refractivity contribution in [2.24, 2.45) is 0 Å². The molecule has 0 saturated heterocycles. The van der Waals surface area contributed by atoms with Crippen molar-refractivity contribution in [3.63, 3.8) is 0 Å². The number of aryl methyl sites for hydroxylation is 1. The summed E-state index contributed by atoms with van der Waals surface area (Å²) in [7, 11) is 3.24. The first kappa shape index (κ1) is 16.9. The molecule has 1 amide bonds. The van der Waals surface area contributed by atoms with Gasteiger partial charge in [-0.05, 0) is 42.2 Å². The number of hydrogen-bond acceptors (Lipinski definition) is 3. The fourth-order valence-corrected chi connectivity index (χ4v) is 2.55. The van der Waals surface area contributed by atoms with Gasteiger partial charge in [-0.3, -0.25) is 4.79 Å². The molecule has 0 aliphatic heterocycles. The molecule has 2 aromatic carbocycles. The van der Waals surface area contributed by atoms with Crippen LogP contribution in [0.5, 0.6) is 11.5 Å². The van der Waals surface area contributed by atoms with Gasteiger partial charge in [-0.2, -0.15) is 0 Å². The molecule has 0 bridgehead atoms. The molecular formula is C19H23NO3. The quantitative estimate of drug-likeness (QED) is 0.871. The largest absolute Gasteiger partial charge is 0.497 e. The Labute approximate surface area is 137 Å². The molecule has 1 N–H and O–H groups in total. The molecule has 0 aliphatic carbocycles. The van der Waals surface area contributed by atoms with Crippen molar-refractivity contribution in [3.8, 4) is 11.5 Å². The van der Waals surface area contributed by atoms with Crippen molar-refractivity contribution >= 4 is 11.6 Å². The van der Waals surface area contributed by atoms with E-state index in [1.54, 1.807) is 14.2 Å². The lowest BCUT2D eigenvalue weighted by Crippen LogP contribution is -2.14. The van der Waals surface area contributed by atoms with Gasteiger partial charge >= 0.3 is 0 Å². The summed E-state index contributed by atoms with van der Waals surface area (Å²) < 4.78 is 10.6. The van der Waals surface area contributed by atoms with Gasteiger partial charge in [-0.25, -0.2) is 0 Å². The fraction of sp³-hybridized carbons (Fsp3) is 0.316. The van der Waals surface area contributed by atoms with E-state index in [1.807, 2.05) is 56.3 Å². The number of rotatable bonds is 6. The molecule has 2 rings (SSSR count). The van der Waals surface area contributed by atoms with Crippen molar-refractivity contribution in [3.05, 3.63) is 53.6 Å². The number of amides is 1. The minimum atomic E-state index is -0.0130. The normalized spacial score (nSPS) is 11.7. The lowest BCUT2D eigenvalue weighted by molar-refractivity contribution is -0.116. The van der Waals surface area contributed by atoms with Gasteiger partial charge in [0.2, 0.25) is 5.91 Å². The minimum Gasteiger partial charge on any atom is -0.497 e. The average molecular weight is 313 g/mol. The molecule has 1 atom stereocenters. The van der Waals surface area contributed by atoms with Crippen LogP contribution in [-0.2, 0) is 4.79 Å². The van der Waals surface area contributed by atoms with Crippen LogP contribution in [0.2, 0.25) is 0 Å². The summed E-state index contributed by atoms with van der Waals surface area (Å²) in [4.78, 5) is 12.3. The molecule has 4 heteroatoms. The third kappa shape index (κ3) is 4.49. The smallest absolute Gasteiger partial charge is 0.224 e. The average Bonchev–Trinajstić information content (AvgIpc) is 2.53. The standard InChI is InChI=1S/C19H23NO3/c1-13-6-5-7-15(10-13)20-19(21)11-14(2)17-9-8-16(22-3)12-18(17)23-4/h5-10,12,14H,11H2,1-4H3,(H,20,21). The Morgan fingerprint density at radius 1 is 1.13 bits per heavy atom. The summed E-state index contributed by atoms with van der Waals surface area (Å²) in [5.41, 5.74) is 2.93. The zero-order chi connectivity index (χ0) is 16.8. The Balaban J connectivity index is 2.06. The predicted octanol–water partition coefficient (Wildman–Crippen LogP) is 4.14. The maximum absolute atomic E-state index is 12.3. The number of nitrogens with one attached hydrogen (secondary N) is 1. The second-order valence-electron chi connectivity index (χ2n) is 5.63. The van der Waals surface area contributed by atoms with Gasteiger partial charge in [0, 0.05) is 18.2 Å². The van der Waals surface area contributed by atoms with Gasteiger partial charge in [0.05, 0.1) is 14.2 Å². The summed E-state index contributed by atoms with van der Waals surface area (Å²) in [6, 6.07) is 13.4. The maximum Gasteiger partial charge on any atom is 0.224 e. The SMILES string of the molecule is COc1ccc(C(C)CC(=O)Nc2cccc(C)c2)c(OC)c1. The number of benzene rings is 2. The Bertz CT molecular complexity index is 682. The maximum atomic E-state index is 12.3. The van der Waals surface area contributed by atoms with Gasteiger partial charge in [-0.15, -0.1) is 0 Å². The van der Waals surface area contributed by atoms with Gasteiger partial charge in [-0.1, -0.05) is 25.1 Å². The van der Waals surface area contributed by atoms with E-state index < -0.39 is 0 Å².